The molecule has 0 atom stereocenters. The molecule has 0 aliphatic rings. The van der Waals surface area contributed by atoms with Crippen LogP contribution in [-0.2, 0) is 13.2 Å². The molecule has 2 heterocycles. The summed E-state index contributed by atoms with van der Waals surface area (Å²) in [6.45, 7) is 5.51. The Hall–Kier alpha value is -2.50. The zero-order valence-corrected chi connectivity index (χ0v) is 16.0. The van der Waals surface area contributed by atoms with Gasteiger partial charge in [0, 0.05) is 6.54 Å². The molecule has 0 fully saturated rings. The molecule has 0 saturated carbocycles. The first-order valence-corrected chi connectivity index (χ1v) is 9.01. The van der Waals surface area contributed by atoms with E-state index in [1.807, 2.05) is 40.6 Å². The number of nitrogens with zero attached hydrogens (tertiary/aromatic N) is 6. The number of nitriles is 1. The number of hydrogen-bond acceptors (Lipinski definition) is 5. The van der Waals surface area contributed by atoms with Crippen LogP contribution >= 0.6 is 12.2 Å². The molecule has 136 valence electrons. The lowest BCUT2D eigenvalue weighted by molar-refractivity contribution is 0.280. The van der Waals surface area contributed by atoms with Crippen molar-refractivity contribution < 1.29 is 0 Å². The van der Waals surface area contributed by atoms with Gasteiger partial charge in [0.1, 0.15) is 0 Å². The first-order valence-electron chi connectivity index (χ1n) is 8.60. The van der Waals surface area contributed by atoms with Crippen LogP contribution in [0.1, 0.15) is 20.3 Å². The van der Waals surface area contributed by atoms with Gasteiger partial charge in [-0.1, -0.05) is 26.0 Å². The monoisotopic (exact) mass is 370 g/mol. The van der Waals surface area contributed by atoms with Crippen molar-refractivity contribution in [3.05, 3.63) is 39.4 Å². The van der Waals surface area contributed by atoms with Crippen molar-refractivity contribution in [3.63, 3.8) is 0 Å². The fourth-order valence-corrected chi connectivity index (χ4v) is 3.23. The zero-order chi connectivity index (χ0) is 18.8. The Labute approximate surface area is 156 Å². The van der Waals surface area contributed by atoms with Gasteiger partial charge in [-0.15, -0.1) is 5.10 Å². The standard InChI is InChI=1S/C18H22N6OS/c1-13(2)8-10-22-16(25)14-6-4-5-7-15(14)24-17(22)20-23(18(24)26)12-21(3)11-9-19/h4-7,13H,8,10-12H2,1-3H3. The molecule has 3 rings (SSSR count). The lowest BCUT2D eigenvalue weighted by Gasteiger charge is -2.11. The second-order valence-corrected chi connectivity index (χ2v) is 7.25. The normalized spacial score (nSPS) is 11.7. The molecular weight excluding hydrogens is 348 g/mol. The highest BCUT2D eigenvalue weighted by atomic mass is 32.1. The molecule has 7 nitrogen and oxygen atoms in total. The number of aryl methyl sites for hydroxylation is 1. The van der Waals surface area contributed by atoms with Crippen molar-refractivity contribution in [2.45, 2.75) is 33.5 Å². The Morgan fingerprint density at radius 1 is 1.35 bits per heavy atom. The fourth-order valence-electron chi connectivity index (χ4n) is 2.95. The molecule has 8 heteroatoms. The van der Waals surface area contributed by atoms with E-state index in [2.05, 4.69) is 25.0 Å². The van der Waals surface area contributed by atoms with Gasteiger partial charge < -0.3 is 0 Å². The second-order valence-electron chi connectivity index (χ2n) is 6.89. The highest BCUT2D eigenvalue weighted by molar-refractivity contribution is 7.71. The summed E-state index contributed by atoms with van der Waals surface area (Å²) in [5.41, 5.74) is 0.707. The van der Waals surface area contributed by atoms with Crippen molar-refractivity contribution in [1.82, 2.24) is 23.6 Å². The van der Waals surface area contributed by atoms with E-state index in [-0.39, 0.29) is 12.1 Å². The molecule has 0 spiro atoms. The number of aromatic nitrogens is 4. The van der Waals surface area contributed by atoms with Gasteiger partial charge in [0.05, 0.1) is 30.2 Å². The van der Waals surface area contributed by atoms with Crippen molar-refractivity contribution in [3.8, 4) is 6.07 Å². The maximum Gasteiger partial charge on any atom is 0.262 e. The molecule has 1 aromatic carbocycles. The predicted octanol–water partition coefficient (Wildman–Crippen LogP) is 2.64. The minimum Gasteiger partial charge on any atom is -0.276 e. The zero-order valence-electron chi connectivity index (χ0n) is 15.2. The van der Waals surface area contributed by atoms with Crippen LogP contribution in [0.3, 0.4) is 0 Å². The summed E-state index contributed by atoms with van der Waals surface area (Å²) in [7, 11) is 1.83. The quantitative estimate of drug-likeness (QED) is 0.493. The number of benzene rings is 1. The van der Waals surface area contributed by atoms with Gasteiger partial charge in [0.2, 0.25) is 10.5 Å². The van der Waals surface area contributed by atoms with Crippen LogP contribution in [0.15, 0.2) is 29.1 Å². The van der Waals surface area contributed by atoms with Crippen molar-refractivity contribution >= 4 is 28.9 Å². The van der Waals surface area contributed by atoms with Crippen molar-refractivity contribution in [1.29, 1.82) is 5.26 Å². The van der Waals surface area contributed by atoms with Crippen LogP contribution in [0.2, 0.25) is 0 Å². The number of hydrogen-bond donors (Lipinski definition) is 0. The van der Waals surface area contributed by atoms with Crippen LogP contribution in [0.5, 0.6) is 0 Å². The molecule has 3 aromatic rings. The average Bonchev–Trinajstić information content (AvgIpc) is 2.91. The van der Waals surface area contributed by atoms with Gasteiger partial charge >= 0.3 is 0 Å². The van der Waals surface area contributed by atoms with E-state index < -0.39 is 0 Å². The summed E-state index contributed by atoms with van der Waals surface area (Å²) >= 11 is 5.63. The van der Waals surface area contributed by atoms with E-state index in [0.29, 0.717) is 35.1 Å². The van der Waals surface area contributed by atoms with Crippen molar-refractivity contribution in [2.75, 3.05) is 13.6 Å². The first-order chi connectivity index (χ1) is 12.4. The van der Waals surface area contributed by atoms with Gasteiger partial charge in [-0.25, -0.2) is 4.68 Å². The highest BCUT2D eigenvalue weighted by Gasteiger charge is 2.16. The Morgan fingerprint density at radius 3 is 2.77 bits per heavy atom. The lowest BCUT2D eigenvalue weighted by atomic mass is 10.1. The van der Waals surface area contributed by atoms with Gasteiger partial charge in [-0.05, 0) is 43.7 Å². The van der Waals surface area contributed by atoms with E-state index in [1.165, 1.54) is 0 Å². The van der Waals surface area contributed by atoms with E-state index in [9.17, 15) is 4.79 Å². The summed E-state index contributed by atoms with van der Waals surface area (Å²) in [5, 5.41) is 14.1. The number of rotatable bonds is 6. The van der Waals surface area contributed by atoms with Gasteiger partial charge in [-0.3, -0.25) is 18.7 Å². The van der Waals surface area contributed by atoms with Gasteiger partial charge in [0.25, 0.3) is 5.56 Å². The van der Waals surface area contributed by atoms with Gasteiger partial charge in [-0.2, -0.15) is 5.26 Å². The minimum atomic E-state index is -0.0497. The maximum absolute atomic E-state index is 13.0. The Bertz CT molecular complexity index is 1100. The third-order valence-corrected chi connectivity index (χ3v) is 4.72. The second kappa shape index (κ2) is 7.40. The minimum absolute atomic E-state index is 0.0497. The summed E-state index contributed by atoms with van der Waals surface area (Å²) in [4.78, 5) is 14.8. The first kappa shape index (κ1) is 18.3. The summed E-state index contributed by atoms with van der Waals surface area (Å²) in [6, 6.07) is 9.57. The molecule has 26 heavy (non-hydrogen) atoms. The molecule has 0 bridgehead atoms. The maximum atomic E-state index is 13.0. The van der Waals surface area contributed by atoms with Crippen LogP contribution in [0.4, 0.5) is 0 Å². The molecule has 0 aliphatic heterocycles. The average molecular weight is 370 g/mol. The van der Waals surface area contributed by atoms with Crippen LogP contribution in [0, 0.1) is 22.0 Å². The molecule has 0 unspecified atom stereocenters. The molecule has 0 N–H and O–H groups in total. The smallest absolute Gasteiger partial charge is 0.262 e. The summed E-state index contributed by atoms with van der Waals surface area (Å²) in [6.07, 6.45) is 0.877. The number of fused-ring (bicyclic) bond motifs is 3. The predicted molar refractivity (Wildman–Crippen MR) is 103 cm³/mol. The lowest BCUT2D eigenvalue weighted by Crippen LogP contribution is -2.24. The molecule has 0 saturated heterocycles. The summed E-state index contributed by atoms with van der Waals surface area (Å²) < 4.78 is 5.74. The molecule has 0 aliphatic carbocycles. The third kappa shape index (κ3) is 3.28. The highest BCUT2D eigenvalue weighted by Crippen LogP contribution is 2.15. The van der Waals surface area contributed by atoms with E-state index in [0.717, 1.165) is 11.9 Å². The SMILES string of the molecule is CC(C)CCn1c(=O)c2ccccc2n2c(=S)n(CN(C)CC#N)nc12. The largest absolute Gasteiger partial charge is 0.276 e. The van der Waals surface area contributed by atoms with E-state index >= 15 is 0 Å². The summed E-state index contributed by atoms with van der Waals surface area (Å²) in [5.74, 6) is 1.02. The van der Waals surface area contributed by atoms with Crippen molar-refractivity contribution in [2.24, 2.45) is 5.92 Å². The van der Waals surface area contributed by atoms with Crippen LogP contribution in [0.25, 0.3) is 16.7 Å². The molecule has 0 amide bonds. The Kier molecular flexibility index (Phi) is 5.20. The third-order valence-electron chi connectivity index (χ3n) is 4.33. The Balaban J connectivity index is 2.27. The van der Waals surface area contributed by atoms with Crippen LogP contribution < -0.4 is 5.56 Å². The molecular formula is C18H22N6OS. The molecule has 0 radical (unpaired) electrons. The van der Waals surface area contributed by atoms with Crippen LogP contribution in [-0.4, -0.2) is 37.2 Å². The van der Waals surface area contributed by atoms with E-state index in [4.69, 9.17) is 17.5 Å². The topological polar surface area (TPSA) is 71.3 Å². The molecule has 2 aromatic heterocycles. The van der Waals surface area contributed by atoms with E-state index in [1.54, 1.807) is 9.25 Å². The van der Waals surface area contributed by atoms with Gasteiger partial charge in [0.15, 0.2) is 0 Å². The number of para-hydroxylation sites is 1. The fraction of sp³-hybridized carbons (Fsp3) is 0.444. The Morgan fingerprint density at radius 2 is 2.08 bits per heavy atom.